The van der Waals surface area contributed by atoms with Gasteiger partial charge in [-0.05, 0) is 19.3 Å². The van der Waals surface area contributed by atoms with E-state index in [-0.39, 0.29) is 24.5 Å². The monoisotopic (exact) mass is 293 g/mol. The zero-order chi connectivity index (χ0) is 14.5. The SMILES string of the molecule is CCC(N)CNS(=O)(=O)N1CCC(C(=O)OC)CC1. The number of nitrogens with two attached hydrogens (primary N) is 1. The highest BCUT2D eigenvalue weighted by Gasteiger charge is 2.31. The fraction of sp³-hybridized carbons (Fsp3) is 0.909. The molecule has 1 saturated heterocycles. The molecule has 1 aliphatic heterocycles. The van der Waals surface area contributed by atoms with Crippen LogP contribution in [0.5, 0.6) is 0 Å². The Balaban J connectivity index is 2.47. The third kappa shape index (κ3) is 4.72. The van der Waals surface area contributed by atoms with Crippen molar-refractivity contribution in [1.29, 1.82) is 0 Å². The number of carbonyl (C=O) groups excluding carboxylic acids is 1. The molecule has 0 saturated carbocycles. The quantitative estimate of drug-likeness (QED) is 0.639. The maximum Gasteiger partial charge on any atom is 0.308 e. The Morgan fingerprint density at radius 1 is 1.47 bits per heavy atom. The Morgan fingerprint density at radius 2 is 2.05 bits per heavy atom. The Bertz CT molecular complexity index is 391. The summed E-state index contributed by atoms with van der Waals surface area (Å²) in [6.45, 7) is 2.80. The summed E-state index contributed by atoms with van der Waals surface area (Å²) >= 11 is 0. The lowest BCUT2D eigenvalue weighted by Crippen LogP contribution is -2.48. The van der Waals surface area contributed by atoms with Crippen LogP contribution in [0, 0.1) is 5.92 Å². The van der Waals surface area contributed by atoms with Gasteiger partial charge in [-0.2, -0.15) is 12.7 Å². The Hall–Kier alpha value is -0.700. The standard InChI is InChI=1S/C11H23N3O4S/c1-3-10(12)8-13-19(16,17)14-6-4-9(5-7-14)11(15)18-2/h9-10,13H,3-8,12H2,1-2H3. The van der Waals surface area contributed by atoms with Gasteiger partial charge in [0.25, 0.3) is 10.2 Å². The Morgan fingerprint density at radius 3 is 2.53 bits per heavy atom. The van der Waals surface area contributed by atoms with Crippen molar-refractivity contribution < 1.29 is 17.9 Å². The average Bonchev–Trinajstić information content (AvgIpc) is 2.44. The molecule has 0 aromatic heterocycles. The average molecular weight is 293 g/mol. The van der Waals surface area contributed by atoms with Crippen LogP contribution < -0.4 is 10.5 Å². The number of rotatable bonds is 6. The number of ether oxygens (including phenoxy) is 1. The van der Waals surface area contributed by atoms with Crippen molar-refractivity contribution in [3.05, 3.63) is 0 Å². The van der Waals surface area contributed by atoms with Crippen molar-refractivity contribution in [1.82, 2.24) is 9.03 Å². The molecule has 0 aromatic carbocycles. The van der Waals surface area contributed by atoms with Gasteiger partial charge in [0.1, 0.15) is 0 Å². The van der Waals surface area contributed by atoms with E-state index >= 15 is 0 Å². The van der Waals surface area contributed by atoms with Gasteiger partial charge >= 0.3 is 5.97 Å². The van der Waals surface area contributed by atoms with E-state index in [9.17, 15) is 13.2 Å². The molecule has 0 radical (unpaired) electrons. The van der Waals surface area contributed by atoms with Crippen LogP contribution in [0.2, 0.25) is 0 Å². The molecule has 0 aliphatic carbocycles. The van der Waals surface area contributed by atoms with Gasteiger partial charge in [0, 0.05) is 25.7 Å². The number of piperidine rings is 1. The number of esters is 1. The van der Waals surface area contributed by atoms with Crippen LogP contribution in [0.3, 0.4) is 0 Å². The topological polar surface area (TPSA) is 102 Å². The van der Waals surface area contributed by atoms with Gasteiger partial charge in [-0.1, -0.05) is 6.92 Å². The molecule has 0 spiro atoms. The van der Waals surface area contributed by atoms with Crippen LogP contribution in [0.25, 0.3) is 0 Å². The largest absolute Gasteiger partial charge is 0.469 e. The Labute approximate surface area is 114 Å². The number of carbonyl (C=O) groups is 1. The number of nitrogens with one attached hydrogen (secondary N) is 1. The van der Waals surface area contributed by atoms with Crippen molar-refractivity contribution in [3.8, 4) is 0 Å². The molecule has 1 unspecified atom stereocenters. The van der Waals surface area contributed by atoms with E-state index in [0.29, 0.717) is 32.4 Å². The van der Waals surface area contributed by atoms with Gasteiger partial charge in [0.05, 0.1) is 13.0 Å². The first kappa shape index (κ1) is 16.4. The third-order valence-corrected chi connectivity index (χ3v) is 4.96. The number of methoxy groups -OCH3 is 1. The lowest BCUT2D eigenvalue weighted by molar-refractivity contribution is -0.146. The molecule has 1 heterocycles. The van der Waals surface area contributed by atoms with Crippen LogP contribution in [0.4, 0.5) is 0 Å². The van der Waals surface area contributed by atoms with E-state index in [2.05, 4.69) is 9.46 Å². The summed E-state index contributed by atoms with van der Waals surface area (Å²) in [7, 11) is -2.15. The molecule has 8 heteroatoms. The minimum atomic E-state index is -3.49. The summed E-state index contributed by atoms with van der Waals surface area (Å²) < 4.78 is 32.5. The molecule has 1 rings (SSSR count). The summed E-state index contributed by atoms with van der Waals surface area (Å²) in [4.78, 5) is 11.4. The summed E-state index contributed by atoms with van der Waals surface area (Å²) in [6.07, 6.45) is 1.70. The Kier molecular flexibility index (Phi) is 6.18. The van der Waals surface area contributed by atoms with Crippen LogP contribution in [0.15, 0.2) is 0 Å². The first-order valence-corrected chi connectivity index (χ1v) is 7.92. The summed E-state index contributed by atoms with van der Waals surface area (Å²) in [5.41, 5.74) is 5.68. The van der Waals surface area contributed by atoms with Crippen molar-refractivity contribution in [3.63, 3.8) is 0 Å². The van der Waals surface area contributed by atoms with Gasteiger partial charge < -0.3 is 10.5 Å². The molecule has 3 N–H and O–H groups in total. The zero-order valence-corrected chi connectivity index (χ0v) is 12.3. The first-order valence-electron chi connectivity index (χ1n) is 6.48. The molecule has 0 amide bonds. The molecular weight excluding hydrogens is 270 g/mol. The van der Waals surface area contributed by atoms with Crippen LogP contribution >= 0.6 is 0 Å². The highest BCUT2D eigenvalue weighted by atomic mass is 32.2. The molecule has 0 bridgehead atoms. The molecule has 1 aliphatic rings. The van der Waals surface area contributed by atoms with E-state index < -0.39 is 10.2 Å². The summed E-state index contributed by atoms with van der Waals surface area (Å²) in [6, 6.07) is -0.178. The van der Waals surface area contributed by atoms with Crippen LogP contribution in [-0.4, -0.2) is 51.5 Å². The fourth-order valence-corrected chi connectivity index (χ4v) is 3.25. The molecule has 1 atom stereocenters. The number of hydrogen-bond donors (Lipinski definition) is 2. The molecule has 0 aromatic rings. The van der Waals surface area contributed by atoms with E-state index in [1.807, 2.05) is 6.92 Å². The van der Waals surface area contributed by atoms with Crippen molar-refractivity contribution in [2.24, 2.45) is 11.7 Å². The highest BCUT2D eigenvalue weighted by Crippen LogP contribution is 2.20. The van der Waals surface area contributed by atoms with Crippen LogP contribution in [-0.2, 0) is 19.7 Å². The minimum Gasteiger partial charge on any atom is -0.469 e. The van der Waals surface area contributed by atoms with E-state index in [4.69, 9.17) is 5.73 Å². The number of hydrogen-bond acceptors (Lipinski definition) is 5. The predicted octanol–water partition coefficient (Wildman–Crippen LogP) is -0.557. The maximum atomic E-state index is 12.0. The maximum absolute atomic E-state index is 12.0. The normalized spacial score (nSPS) is 20.2. The van der Waals surface area contributed by atoms with Gasteiger partial charge in [-0.25, -0.2) is 4.72 Å². The van der Waals surface area contributed by atoms with Gasteiger partial charge in [0.2, 0.25) is 0 Å². The molecule has 19 heavy (non-hydrogen) atoms. The molecule has 7 nitrogen and oxygen atoms in total. The third-order valence-electron chi connectivity index (χ3n) is 3.38. The second-order valence-electron chi connectivity index (χ2n) is 4.72. The number of nitrogens with zero attached hydrogens (tertiary/aromatic N) is 1. The molecular formula is C11H23N3O4S. The minimum absolute atomic E-state index is 0.178. The van der Waals surface area contributed by atoms with Crippen molar-refractivity contribution in [2.45, 2.75) is 32.2 Å². The van der Waals surface area contributed by atoms with E-state index in [1.165, 1.54) is 11.4 Å². The smallest absolute Gasteiger partial charge is 0.308 e. The lowest BCUT2D eigenvalue weighted by Gasteiger charge is -2.30. The van der Waals surface area contributed by atoms with Gasteiger partial charge in [-0.15, -0.1) is 0 Å². The fourth-order valence-electron chi connectivity index (χ4n) is 1.95. The van der Waals surface area contributed by atoms with E-state index in [0.717, 1.165) is 0 Å². The lowest BCUT2D eigenvalue weighted by atomic mass is 9.99. The van der Waals surface area contributed by atoms with Gasteiger partial charge in [0.15, 0.2) is 0 Å². The first-order chi connectivity index (χ1) is 8.90. The van der Waals surface area contributed by atoms with E-state index in [1.54, 1.807) is 0 Å². The zero-order valence-electron chi connectivity index (χ0n) is 11.5. The van der Waals surface area contributed by atoms with Crippen LogP contribution in [0.1, 0.15) is 26.2 Å². The summed E-state index contributed by atoms with van der Waals surface area (Å²) in [5.74, 6) is -0.465. The van der Waals surface area contributed by atoms with Gasteiger partial charge in [-0.3, -0.25) is 4.79 Å². The summed E-state index contributed by atoms with van der Waals surface area (Å²) in [5, 5.41) is 0. The van der Waals surface area contributed by atoms with Crippen molar-refractivity contribution in [2.75, 3.05) is 26.7 Å². The molecule has 112 valence electrons. The predicted molar refractivity (Wildman–Crippen MR) is 71.5 cm³/mol. The molecule has 1 fully saturated rings. The second-order valence-corrected chi connectivity index (χ2v) is 6.47. The second kappa shape index (κ2) is 7.18. The van der Waals surface area contributed by atoms with Crippen molar-refractivity contribution >= 4 is 16.2 Å². The highest BCUT2D eigenvalue weighted by molar-refractivity contribution is 7.87.